The van der Waals surface area contributed by atoms with E-state index in [1.807, 2.05) is 42.1 Å². The average molecular weight is 398 g/mol. The number of benzene rings is 2. The lowest BCUT2D eigenvalue weighted by Gasteiger charge is -2.25. The molecule has 3 rings (SSSR count). The number of thioether (sulfide) groups is 1. The minimum absolute atomic E-state index is 0.384. The SMILES string of the molecule is COc1cc(C(CCN(C)C)C2C=CCS2)ccc1OC(=O)c1ccccc1. The summed E-state index contributed by atoms with van der Waals surface area (Å²) < 4.78 is 11.1. The van der Waals surface area contributed by atoms with E-state index in [4.69, 9.17) is 9.47 Å². The Labute approximate surface area is 171 Å². The zero-order valence-corrected chi connectivity index (χ0v) is 17.4. The van der Waals surface area contributed by atoms with Gasteiger partial charge >= 0.3 is 5.97 Å². The maximum atomic E-state index is 12.4. The number of methoxy groups -OCH3 is 1. The highest BCUT2D eigenvalue weighted by atomic mass is 32.2. The molecule has 2 aromatic rings. The van der Waals surface area contributed by atoms with E-state index in [1.54, 1.807) is 19.2 Å². The molecule has 0 fully saturated rings. The topological polar surface area (TPSA) is 38.8 Å². The molecule has 2 unspecified atom stereocenters. The molecule has 148 valence electrons. The van der Waals surface area contributed by atoms with Crippen LogP contribution in [0.1, 0.15) is 28.3 Å². The van der Waals surface area contributed by atoms with Crippen LogP contribution in [0.3, 0.4) is 0 Å². The van der Waals surface area contributed by atoms with Crippen LogP contribution in [-0.2, 0) is 0 Å². The molecular formula is C23H27NO3S. The van der Waals surface area contributed by atoms with Crippen LogP contribution in [0, 0.1) is 0 Å². The first-order valence-electron chi connectivity index (χ1n) is 9.46. The predicted molar refractivity (Wildman–Crippen MR) is 116 cm³/mol. The van der Waals surface area contributed by atoms with E-state index in [0.29, 0.717) is 28.2 Å². The second kappa shape index (κ2) is 9.80. The lowest BCUT2D eigenvalue weighted by atomic mass is 9.91. The van der Waals surface area contributed by atoms with Gasteiger partial charge in [0.2, 0.25) is 0 Å². The molecule has 1 aliphatic rings. The molecule has 0 saturated heterocycles. The van der Waals surface area contributed by atoms with E-state index >= 15 is 0 Å². The Hall–Kier alpha value is -2.24. The van der Waals surface area contributed by atoms with E-state index < -0.39 is 0 Å². The average Bonchev–Trinajstić information content (AvgIpc) is 3.24. The van der Waals surface area contributed by atoms with E-state index in [0.717, 1.165) is 18.7 Å². The van der Waals surface area contributed by atoms with E-state index in [-0.39, 0.29) is 5.97 Å². The van der Waals surface area contributed by atoms with Gasteiger partial charge in [-0.15, -0.1) is 11.8 Å². The van der Waals surface area contributed by atoms with Crippen molar-refractivity contribution in [3.8, 4) is 11.5 Å². The summed E-state index contributed by atoms with van der Waals surface area (Å²) in [6.07, 6.45) is 5.60. The number of esters is 1. The number of hydrogen-bond acceptors (Lipinski definition) is 5. The molecule has 1 heterocycles. The number of nitrogens with zero attached hydrogens (tertiary/aromatic N) is 1. The molecule has 2 atom stereocenters. The van der Waals surface area contributed by atoms with Crippen molar-refractivity contribution < 1.29 is 14.3 Å². The van der Waals surface area contributed by atoms with Crippen molar-refractivity contribution in [3.05, 3.63) is 71.8 Å². The van der Waals surface area contributed by atoms with E-state index in [2.05, 4.69) is 37.2 Å². The number of carbonyl (C=O) groups excluding carboxylic acids is 1. The fraction of sp³-hybridized carbons (Fsp3) is 0.348. The zero-order valence-electron chi connectivity index (χ0n) is 16.6. The molecule has 0 N–H and O–H groups in total. The highest BCUT2D eigenvalue weighted by Gasteiger charge is 2.25. The van der Waals surface area contributed by atoms with Gasteiger partial charge in [0.1, 0.15) is 0 Å². The summed E-state index contributed by atoms with van der Waals surface area (Å²) in [4.78, 5) is 14.6. The molecule has 0 spiro atoms. The first kappa shape index (κ1) is 20.5. The maximum Gasteiger partial charge on any atom is 0.343 e. The summed E-state index contributed by atoms with van der Waals surface area (Å²) in [6, 6.07) is 14.9. The Balaban J connectivity index is 1.82. The molecule has 0 bridgehead atoms. The molecule has 0 saturated carbocycles. The van der Waals surface area contributed by atoms with Crippen LogP contribution in [0.2, 0.25) is 0 Å². The lowest BCUT2D eigenvalue weighted by Crippen LogP contribution is -2.20. The molecule has 0 aromatic heterocycles. The van der Waals surface area contributed by atoms with Gasteiger partial charge in [0.25, 0.3) is 0 Å². The van der Waals surface area contributed by atoms with E-state index in [1.165, 1.54) is 5.56 Å². The van der Waals surface area contributed by atoms with Gasteiger partial charge in [-0.2, -0.15) is 0 Å². The van der Waals surface area contributed by atoms with Crippen LogP contribution in [0.4, 0.5) is 0 Å². The monoisotopic (exact) mass is 397 g/mol. The zero-order chi connectivity index (χ0) is 19.9. The fourth-order valence-electron chi connectivity index (χ4n) is 3.31. The normalized spacial score (nSPS) is 16.9. The Morgan fingerprint density at radius 3 is 2.61 bits per heavy atom. The van der Waals surface area contributed by atoms with Crippen LogP contribution in [0.15, 0.2) is 60.7 Å². The lowest BCUT2D eigenvalue weighted by molar-refractivity contribution is 0.0729. The predicted octanol–water partition coefficient (Wildman–Crippen LogP) is 4.62. The standard InChI is InChI=1S/C23H27NO3S/c1-24(2)14-13-19(22-10-7-15-28-22)18-11-12-20(21(16-18)26-3)27-23(25)17-8-5-4-6-9-17/h4-12,16,19,22H,13-15H2,1-3H3. The number of carbonyl (C=O) groups is 1. The highest BCUT2D eigenvalue weighted by molar-refractivity contribution is 8.00. The van der Waals surface area contributed by atoms with Crippen LogP contribution < -0.4 is 9.47 Å². The van der Waals surface area contributed by atoms with Crippen LogP contribution >= 0.6 is 11.8 Å². The fourth-order valence-corrected chi connectivity index (χ4v) is 4.50. The van der Waals surface area contributed by atoms with Gasteiger partial charge in [-0.05, 0) is 56.9 Å². The van der Waals surface area contributed by atoms with Crippen molar-refractivity contribution in [2.24, 2.45) is 0 Å². The Morgan fingerprint density at radius 2 is 1.96 bits per heavy atom. The summed E-state index contributed by atoms with van der Waals surface area (Å²) in [5, 5.41) is 0.461. The Morgan fingerprint density at radius 1 is 1.18 bits per heavy atom. The molecule has 0 amide bonds. The summed E-state index contributed by atoms with van der Waals surface area (Å²) in [5.41, 5.74) is 1.73. The summed E-state index contributed by atoms with van der Waals surface area (Å²) in [6.45, 7) is 1.02. The first-order chi connectivity index (χ1) is 13.6. The van der Waals surface area contributed by atoms with Gasteiger partial charge in [-0.1, -0.05) is 36.4 Å². The minimum Gasteiger partial charge on any atom is -0.493 e. The smallest absolute Gasteiger partial charge is 0.343 e. The molecular weight excluding hydrogens is 370 g/mol. The number of ether oxygens (including phenoxy) is 2. The first-order valence-corrected chi connectivity index (χ1v) is 10.5. The van der Waals surface area contributed by atoms with Gasteiger partial charge in [-0.3, -0.25) is 0 Å². The van der Waals surface area contributed by atoms with Crippen LogP contribution in [-0.4, -0.2) is 49.6 Å². The molecule has 5 heteroatoms. The van der Waals surface area contributed by atoms with E-state index in [9.17, 15) is 4.79 Å². The van der Waals surface area contributed by atoms with Gasteiger partial charge in [0, 0.05) is 16.9 Å². The third kappa shape index (κ3) is 5.18. The molecule has 0 aliphatic carbocycles. The number of rotatable bonds is 8. The third-order valence-electron chi connectivity index (χ3n) is 4.82. The van der Waals surface area contributed by atoms with Gasteiger partial charge in [-0.25, -0.2) is 4.79 Å². The van der Waals surface area contributed by atoms with Crippen molar-refractivity contribution in [2.45, 2.75) is 17.6 Å². The molecule has 4 nitrogen and oxygen atoms in total. The van der Waals surface area contributed by atoms with Gasteiger partial charge in [0.05, 0.1) is 12.7 Å². The molecule has 0 radical (unpaired) electrons. The van der Waals surface area contributed by atoms with Gasteiger partial charge in [0.15, 0.2) is 11.5 Å². The quantitative estimate of drug-likeness (QED) is 0.369. The second-order valence-corrected chi connectivity index (χ2v) is 8.30. The van der Waals surface area contributed by atoms with Gasteiger partial charge < -0.3 is 14.4 Å². The Kier molecular flexibility index (Phi) is 7.18. The Bertz CT molecular complexity index is 820. The van der Waals surface area contributed by atoms with Crippen LogP contribution in [0.5, 0.6) is 11.5 Å². The van der Waals surface area contributed by atoms with Crippen molar-refractivity contribution in [1.82, 2.24) is 4.90 Å². The number of hydrogen-bond donors (Lipinski definition) is 0. The van der Waals surface area contributed by atoms with Crippen molar-refractivity contribution >= 4 is 17.7 Å². The van der Waals surface area contributed by atoms with Crippen molar-refractivity contribution in [3.63, 3.8) is 0 Å². The molecule has 28 heavy (non-hydrogen) atoms. The molecule has 1 aliphatic heterocycles. The minimum atomic E-state index is -0.384. The maximum absolute atomic E-state index is 12.4. The largest absolute Gasteiger partial charge is 0.493 e. The molecule has 2 aromatic carbocycles. The summed E-state index contributed by atoms with van der Waals surface area (Å²) in [7, 11) is 5.81. The van der Waals surface area contributed by atoms with Crippen molar-refractivity contribution in [1.29, 1.82) is 0 Å². The highest BCUT2D eigenvalue weighted by Crippen LogP contribution is 2.39. The van der Waals surface area contributed by atoms with Crippen molar-refractivity contribution in [2.75, 3.05) is 33.5 Å². The third-order valence-corrected chi connectivity index (χ3v) is 6.08. The second-order valence-electron chi connectivity index (χ2n) is 7.09. The summed E-state index contributed by atoms with van der Waals surface area (Å²) >= 11 is 1.97. The van der Waals surface area contributed by atoms with Crippen LogP contribution in [0.25, 0.3) is 0 Å². The summed E-state index contributed by atoms with van der Waals surface area (Å²) in [5.74, 6) is 2.10.